The Morgan fingerprint density at radius 2 is 1.65 bits per heavy atom. The maximum Gasteiger partial charge on any atom is 0.348 e. The Bertz CT molecular complexity index is 1340. The summed E-state index contributed by atoms with van der Waals surface area (Å²) >= 11 is 0. The zero-order valence-corrected chi connectivity index (χ0v) is 21.4. The Balaban J connectivity index is 1.63. The Kier molecular flexibility index (Phi) is 8.10. The van der Waals surface area contributed by atoms with E-state index in [1.165, 1.54) is 31.3 Å². The third-order valence-electron chi connectivity index (χ3n) is 6.04. The fourth-order valence-electron chi connectivity index (χ4n) is 4.04. The summed E-state index contributed by atoms with van der Waals surface area (Å²) in [6, 6.07) is 22.2. The van der Waals surface area contributed by atoms with Gasteiger partial charge in [0.25, 0.3) is 0 Å². The van der Waals surface area contributed by atoms with E-state index in [-0.39, 0.29) is 18.0 Å². The minimum Gasteiger partial charge on any atom is -0.497 e. The van der Waals surface area contributed by atoms with Crippen molar-refractivity contribution >= 4 is 27.6 Å². The number of methoxy groups -OCH3 is 2. The van der Waals surface area contributed by atoms with E-state index in [1.54, 1.807) is 36.4 Å². The van der Waals surface area contributed by atoms with Gasteiger partial charge in [0.1, 0.15) is 11.5 Å². The van der Waals surface area contributed by atoms with Gasteiger partial charge in [0, 0.05) is 6.54 Å². The maximum absolute atomic E-state index is 13.7. The first-order chi connectivity index (χ1) is 17.8. The number of carbonyl (C=O) groups excluding carboxylic acids is 2. The molecule has 0 aliphatic carbocycles. The van der Waals surface area contributed by atoms with Crippen LogP contribution < -0.4 is 14.4 Å². The number of sulfonamides is 1. The van der Waals surface area contributed by atoms with E-state index in [0.717, 1.165) is 9.87 Å². The molecule has 10 heteroatoms. The van der Waals surface area contributed by atoms with E-state index in [4.69, 9.17) is 14.2 Å². The third-order valence-corrected chi connectivity index (χ3v) is 7.90. The second-order valence-electron chi connectivity index (χ2n) is 8.35. The Labute approximate surface area is 216 Å². The number of para-hydroxylation sites is 2. The molecule has 1 aliphatic heterocycles. The summed E-state index contributed by atoms with van der Waals surface area (Å²) in [5, 5.41) is 0. The first kappa shape index (κ1) is 26.2. The van der Waals surface area contributed by atoms with Crippen LogP contribution in [0.25, 0.3) is 0 Å². The van der Waals surface area contributed by atoms with Crippen molar-refractivity contribution in [2.24, 2.45) is 0 Å². The van der Waals surface area contributed by atoms with Gasteiger partial charge in [0.15, 0.2) is 0 Å². The van der Waals surface area contributed by atoms with Gasteiger partial charge in [-0.15, -0.1) is 0 Å². The molecule has 1 heterocycles. The van der Waals surface area contributed by atoms with Gasteiger partial charge in [0.2, 0.25) is 22.0 Å². The highest BCUT2D eigenvalue weighted by atomic mass is 32.2. The lowest BCUT2D eigenvalue weighted by Gasteiger charge is -2.34. The molecule has 1 atom stereocenters. The molecule has 3 aromatic carbocycles. The van der Waals surface area contributed by atoms with Crippen LogP contribution in [0.4, 0.5) is 5.69 Å². The number of nitrogens with zero attached hydrogens (tertiary/aromatic N) is 2. The number of esters is 1. The van der Waals surface area contributed by atoms with Crippen LogP contribution >= 0.6 is 0 Å². The lowest BCUT2D eigenvalue weighted by atomic mass is 10.1. The summed E-state index contributed by atoms with van der Waals surface area (Å²) in [6.45, 7) is -0.447. The van der Waals surface area contributed by atoms with Crippen LogP contribution in [0.3, 0.4) is 0 Å². The molecule has 194 valence electrons. The van der Waals surface area contributed by atoms with Gasteiger partial charge in [-0.25, -0.2) is 13.2 Å². The molecule has 1 amide bonds. The molecule has 9 nitrogen and oxygen atoms in total. The second kappa shape index (κ2) is 11.4. The van der Waals surface area contributed by atoms with Gasteiger partial charge in [-0.3, -0.25) is 4.79 Å². The van der Waals surface area contributed by atoms with Crippen molar-refractivity contribution in [2.75, 3.05) is 38.8 Å². The van der Waals surface area contributed by atoms with Crippen molar-refractivity contribution in [3.8, 4) is 11.5 Å². The number of benzene rings is 3. The van der Waals surface area contributed by atoms with Crippen molar-refractivity contribution in [1.29, 1.82) is 0 Å². The van der Waals surface area contributed by atoms with Crippen LogP contribution in [0.2, 0.25) is 0 Å². The lowest BCUT2D eigenvalue weighted by Crippen LogP contribution is -2.51. The molecule has 0 N–H and O–H groups in total. The van der Waals surface area contributed by atoms with Crippen LogP contribution in [0, 0.1) is 0 Å². The van der Waals surface area contributed by atoms with Gasteiger partial charge in [-0.2, -0.15) is 4.31 Å². The predicted molar refractivity (Wildman–Crippen MR) is 137 cm³/mol. The molecule has 0 unspecified atom stereocenters. The average Bonchev–Trinajstić information content (AvgIpc) is 2.94. The van der Waals surface area contributed by atoms with Crippen LogP contribution in [-0.2, 0) is 30.8 Å². The van der Waals surface area contributed by atoms with E-state index >= 15 is 0 Å². The van der Waals surface area contributed by atoms with E-state index in [9.17, 15) is 18.0 Å². The molecule has 3 aromatic rings. The van der Waals surface area contributed by atoms with Crippen molar-refractivity contribution in [1.82, 2.24) is 4.31 Å². The van der Waals surface area contributed by atoms with Crippen molar-refractivity contribution < 1.29 is 32.2 Å². The van der Waals surface area contributed by atoms with Gasteiger partial charge >= 0.3 is 5.97 Å². The number of hydrogen-bond donors (Lipinski definition) is 0. The fraction of sp³-hybridized carbons (Fsp3) is 0.259. The minimum atomic E-state index is -4.03. The zero-order valence-electron chi connectivity index (χ0n) is 20.6. The smallest absolute Gasteiger partial charge is 0.348 e. The number of anilines is 1. The Morgan fingerprint density at radius 1 is 0.973 bits per heavy atom. The highest BCUT2D eigenvalue weighted by Crippen LogP contribution is 2.33. The number of hydrogen-bond acceptors (Lipinski definition) is 7. The topological polar surface area (TPSA) is 102 Å². The second-order valence-corrected chi connectivity index (χ2v) is 10.3. The summed E-state index contributed by atoms with van der Waals surface area (Å²) in [5.74, 6) is -0.259. The zero-order chi connectivity index (χ0) is 26.4. The predicted octanol–water partition coefficient (Wildman–Crippen LogP) is 2.90. The molecule has 0 saturated heterocycles. The van der Waals surface area contributed by atoms with Crippen LogP contribution in [0.1, 0.15) is 5.56 Å². The van der Waals surface area contributed by atoms with Crippen molar-refractivity contribution in [2.45, 2.75) is 17.4 Å². The van der Waals surface area contributed by atoms with Crippen molar-refractivity contribution in [3.05, 3.63) is 84.4 Å². The molecule has 0 saturated carbocycles. The molecule has 4 rings (SSSR count). The quantitative estimate of drug-likeness (QED) is 0.397. The fourth-order valence-corrected chi connectivity index (χ4v) is 5.43. The average molecular weight is 525 g/mol. The molecular weight excluding hydrogens is 496 g/mol. The van der Waals surface area contributed by atoms with E-state index < -0.39 is 34.5 Å². The molecule has 0 bridgehead atoms. The summed E-state index contributed by atoms with van der Waals surface area (Å²) in [5.41, 5.74) is 1.39. The number of ether oxygens (including phenoxy) is 3. The highest BCUT2D eigenvalue weighted by Gasteiger charge is 2.36. The minimum absolute atomic E-state index is 0.0453. The third kappa shape index (κ3) is 5.92. The van der Waals surface area contributed by atoms with Gasteiger partial charge in [-0.1, -0.05) is 42.5 Å². The molecule has 37 heavy (non-hydrogen) atoms. The standard InChI is InChI=1S/C27H28N2O7S/c1-34-21-12-14-22(15-13-21)37(32,33)28(17-16-20-8-4-3-5-9-20)19-26(30)29-18-25(27(31)35-2)36-24-11-7-6-10-23(24)29/h3-15,25H,16-19H2,1-2H3/t25-/m1/s1. The maximum atomic E-state index is 13.7. The summed E-state index contributed by atoms with van der Waals surface area (Å²) in [7, 11) is -1.30. The number of amides is 1. The summed E-state index contributed by atoms with van der Waals surface area (Å²) < 4.78 is 44.1. The number of rotatable bonds is 9. The Morgan fingerprint density at radius 3 is 2.32 bits per heavy atom. The summed E-state index contributed by atoms with van der Waals surface area (Å²) in [4.78, 5) is 27.3. The van der Waals surface area contributed by atoms with E-state index in [0.29, 0.717) is 23.6 Å². The van der Waals surface area contributed by atoms with Gasteiger partial charge in [0.05, 0.1) is 37.9 Å². The van der Waals surface area contributed by atoms with Gasteiger partial charge in [-0.05, 0) is 48.4 Å². The largest absolute Gasteiger partial charge is 0.497 e. The molecule has 0 aromatic heterocycles. The lowest BCUT2D eigenvalue weighted by molar-refractivity contribution is -0.148. The first-order valence-electron chi connectivity index (χ1n) is 11.7. The molecule has 1 aliphatic rings. The molecule has 0 fully saturated rings. The molecule has 0 spiro atoms. The van der Waals surface area contributed by atoms with Crippen LogP contribution in [-0.4, -0.2) is 64.6 Å². The van der Waals surface area contributed by atoms with Crippen LogP contribution in [0.15, 0.2) is 83.8 Å². The Hall–Kier alpha value is -3.89. The van der Waals surface area contributed by atoms with E-state index in [2.05, 4.69) is 0 Å². The SMILES string of the molecule is COC(=O)[C@H]1CN(C(=O)CN(CCc2ccccc2)S(=O)(=O)c2ccc(OC)cc2)c2ccccc2O1. The summed E-state index contributed by atoms with van der Waals surface area (Å²) in [6.07, 6.45) is -0.617. The van der Waals surface area contributed by atoms with Crippen LogP contribution in [0.5, 0.6) is 11.5 Å². The van der Waals surface area contributed by atoms with E-state index in [1.807, 2.05) is 30.3 Å². The van der Waals surface area contributed by atoms with Gasteiger partial charge < -0.3 is 19.1 Å². The normalized spacial score (nSPS) is 15.0. The molecule has 0 radical (unpaired) electrons. The number of carbonyl (C=O) groups is 2. The van der Waals surface area contributed by atoms with Crippen molar-refractivity contribution in [3.63, 3.8) is 0 Å². The molecular formula is C27H28N2O7S. The monoisotopic (exact) mass is 524 g/mol. The highest BCUT2D eigenvalue weighted by molar-refractivity contribution is 7.89. The first-order valence-corrected chi connectivity index (χ1v) is 13.1. The number of fused-ring (bicyclic) bond motifs is 1.